The SMILES string of the molecule is CC(C)CN1CCN(CCCCS)CC1. The summed E-state index contributed by atoms with van der Waals surface area (Å²) in [4.78, 5) is 5.19. The molecule has 0 atom stereocenters. The number of hydrogen-bond donors (Lipinski definition) is 1. The van der Waals surface area contributed by atoms with Crippen molar-refractivity contribution >= 4 is 12.6 Å². The maximum Gasteiger partial charge on any atom is 0.0110 e. The van der Waals surface area contributed by atoms with E-state index in [1.54, 1.807) is 0 Å². The molecule has 0 aromatic carbocycles. The van der Waals surface area contributed by atoms with E-state index in [9.17, 15) is 0 Å². The first-order valence-corrected chi connectivity index (χ1v) is 6.91. The third-order valence-electron chi connectivity index (χ3n) is 2.97. The Balaban J connectivity index is 2.07. The van der Waals surface area contributed by atoms with E-state index in [-0.39, 0.29) is 0 Å². The summed E-state index contributed by atoms with van der Waals surface area (Å²) in [6.07, 6.45) is 2.57. The number of unbranched alkanes of at least 4 members (excludes halogenated alkanes) is 1. The fraction of sp³-hybridized carbons (Fsp3) is 1.00. The normalized spacial score (nSPS) is 20.0. The zero-order valence-electron chi connectivity index (χ0n) is 10.3. The summed E-state index contributed by atoms with van der Waals surface area (Å²) in [5.41, 5.74) is 0. The van der Waals surface area contributed by atoms with Crippen LogP contribution in [-0.2, 0) is 0 Å². The van der Waals surface area contributed by atoms with Crippen LogP contribution in [0.25, 0.3) is 0 Å². The first-order chi connectivity index (χ1) is 7.22. The van der Waals surface area contributed by atoms with E-state index in [4.69, 9.17) is 0 Å². The lowest BCUT2D eigenvalue weighted by Gasteiger charge is -2.35. The first-order valence-electron chi connectivity index (χ1n) is 6.28. The van der Waals surface area contributed by atoms with Gasteiger partial charge in [0.1, 0.15) is 0 Å². The van der Waals surface area contributed by atoms with Gasteiger partial charge in [-0.25, -0.2) is 0 Å². The van der Waals surface area contributed by atoms with Gasteiger partial charge >= 0.3 is 0 Å². The van der Waals surface area contributed by atoms with Gasteiger partial charge in [0.2, 0.25) is 0 Å². The molecule has 2 nitrogen and oxygen atoms in total. The van der Waals surface area contributed by atoms with Crippen molar-refractivity contribution in [3.8, 4) is 0 Å². The number of piperazine rings is 1. The van der Waals surface area contributed by atoms with Crippen molar-refractivity contribution in [3.05, 3.63) is 0 Å². The summed E-state index contributed by atoms with van der Waals surface area (Å²) < 4.78 is 0. The van der Waals surface area contributed by atoms with Gasteiger partial charge in [-0.15, -0.1) is 0 Å². The van der Waals surface area contributed by atoms with E-state index in [1.807, 2.05) is 0 Å². The van der Waals surface area contributed by atoms with Crippen LogP contribution in [-0.4, -0.2) is 54.8 Å². The molecule has 0 radical (unpaired) electrons. The molecule has 0 aromatic heterocycles. The first kappa shape index (κ1) is 13.3. The molecule has 0 spiro atoms. The zero-order valence-corrected chi connectivity index (χ0v) is 11.2. The summed E-state index contributed by atoms with van der Waals surface area (Å²) in [5.74, 6) is 1.84. The molecule has 3 heteroatoms. The van der Waals surface area contributed by atoms with E-state index in [1.165, 1.54) is 52.1 Å². The van der Waals surface area contributed by atoms with Crippen molar-refractivity contribution in [2.24, 2.45) is 5.92 Å². The van der Waals surface area contributed by atoms with Crippen LogP contribution in [0.5, 0.6) is 0 Å². The highest BCUT2D eigenvalue weighted by molar-refractivity contribution is 7.80. The molecule has 0 unspecified atom stereocenters. The molecule has 1 heterocycles. The van der Waals surface area contributed by atoms with Gasteiger partial charge in [0, 0.05) is 32.7 Å². The van der Waals surface area contributed by atoms with E-state index < -0.39 is 0 Å². The molecule has 1 aliphatic heterocycles. The second kappa shape index (κ2) is 7.53. The van der Waals surface area contributed by atoms with E-state index in [0.29, 0.717) is 0 Å². The predicted molar refractivity (Wildman–Crippen MR) is 70.8 cm³/mol. The average molecular weight is 230 g/mol. The van der Waals surface area contributed by atoms with Crippen LogP contribution in [0, 0.1) is 5.92 Å². The minimum atomic E-state index is 0.806. The molecule has 0 aromatic rings. The van der Waals surface area contributed by atoms with Gasteiger partial charge in [-0.05, 0) is 31.1 Å². The van der Waals surface area contributed by atoms with Crippen LogP contribution in [0.3, 0.4) is 0 Å². The van der Waals surface area contributed by atoms with Crippen molar-refractivity contribution < 1.29 is 0 Å². The van der Waals surface area contributed by atoms with Gasteiger partial charge in [-0.2, -0.15) is 12.6 Å². The fourth-order valence-electron chi connectivity index (χ4n) is 2.16. The standard InChI is InChI=1S/C12H26N2S/c1-12(2)11-14-8-6-13(7-9-14)5-3-4-10-15/h12,15H,3-11H2,1-2H3. The average Bonchev–Trinajstić information content (AvgIpc) is 2.20. The summed E-state index contributed by atoms with van der Waals surface area (Å²) in [7, 11) is 0. The molecular weight excluding hydrogens is 204 g/mol. The number of rotatable bonds is 6. The molecule has 0 N–H and O–H groups in total. The van der Waals surface area contributed by atoms with Crippen LogP contribution < -0.4 is 0 Å². The van der Waals surface area contributed by atoms with Crippen molar-refractivity contribution in [1.29, 1.82) is 0 Å². The zero-order chi connectivity index (χ0) is 11.1. The van der Waals surface area contributed by atoms with Gasteiger partial charge in [-0.3, -0.25) is 0 Å². The molecular formula is C12H26N2S. The van der Waals surface area contributed by atoms with E-state index in [2.05, 4.69) is 36.3 Å². The minimum Gasteiger partial charge on any atom is -0.301 e. The second-order valence-corrected chi connectivity index (χ2v) is 5.41. The van der Waals surface area contributed by atoms with Crippen LogP contribution in [0.4, 0.5) is 0 Å². The number of nitrogens with zero attached hydrogens (tertiary/aromatic N) is 2. The third-order valence-corrected chi connectivity index (χ3v) is 3.29. The van der Waals surface area contributed by atoms with Crippen LogP contribution in [0.1, 0.15) is 26.7 Å². The monoisotopic (exact) mass is 230 g/mol. The van der Waals surface area contributed by atoms with Crippen molar-refractivity contribution in [2.75, 3.05) is 45.0 Å². The number of hydrogen-bond acceptors (Lipinski definition) is 3. The van der Waals surface area contributed by atoms with Crippen molar-refractivity contribution in [2.45, 2.75) is 26.7 Å². The minimum absolute atomic E-state index is 0.806. The molecule has 15 heavy (non-hydrogen) atoms. The van der Waals surface area contributed by atoms with Gasteiger partial charge in [0.25, 0.3) is 0 Å². The Morgan fingerprint density at radius 3 is 2.13 bits per heavy atom. The second-order valence-electron chi connectivity index (χ2n) is 4.97. The molecule has 90 valence electrons. The van der Waals surface area contributed by atoms with Crippen LogP contribution in [0.15, 0.2) is 0 Å². The van der Waals surface area contributed by atoms with E-state index in [0.717, 1.165) is 11.7 Å². The smallest absolute Gasteiger partial charge is 0.0110 e. The van der Waals surface area contributed by atoms with E-state index >= 15 is 0 Å². The Kier molecular flexibility index (Phi) is 6.69. The lowest BCUT2D eigenvalue weighted by molar-refractivity contribution is 0.121. The molecule has 0 amide bonds. The van der Waals surface area contributed by atoms with Gasteiger partial charge < -0.3 is 9.80 Å². The Labute approximate surface area is 100 Å². The fourth-order valence-corrected chi connectivity index (χ4v) is 2.38. The van der Waals surface area contributed by atoms with Gasteiger partial charge in [-0.1, -0.05) is 13.8 Å². The maximum absolute atomic E-state index is 4.24. The lowest BCUT2D eigenvalue weighted by atomic mass is 10.2. The molecule has 1 fully saturated rings. The Hall–Kier alpha value is 0.270. The summed E-state index contributed by atoms with van der Waals surface area (Å²) >= 11 is 4.24. The highest BCUT2D eigenvalue weighted by atomic mass is 32.1. The Morgan fingerprint density at radius 1 is 1.00 bits per heavy atom. The summed E-state index contributed by atoms with van der Waals surface area (Å²) in [5, 5.41) is 0. The highest BCUT2D eigenvalue weighted by Gasteiger charge is 2.16. The maximum atomic E-state index is 4.24. The van der Waals surface area contributed by atoms with Gasteiger partial charge in [0.05, 0.1) is 0 Å². The lowest BCUT2D eigenvalue weighted by Crippen LogP contribution is -2.47. The topological polar surface area (TPSA) is 6.48 Å². The Bertz CT molecular complexity index is 154. The van der Waals surface area contributed by atoms with Crippen molar-refractivity contribution in [1.82, 2.24) is 9.80 Å². The molecule has 1 rings (SSSR count). The third kappa shape index (κ3) is 5.79. The summed E-state index contributed by atoms with van der Waals surface area (Å²) in [6.45, 7) is 12.2. The molecule has 0 saturated carbocycles. The number of thiol groups is 1. The Morgan fingerprint density at radius 2 is 1.60 bits per heavy atom. The van der Waals surface area contributed by atoms with Crippen LogP contribution >= 0.6 is 12.6 Å². The van der Waals surface area contributed by atoms with Crippen molar-refractivity contribution in [3.63, 3.8) is 0 Å². The highest BCUT2D eigenvalue weighted by Crippen LogP contribution is 2.06. The molecule has 0 bridgehead atoms. The van der Waals surface area contributed by atoms with Crippen LogP contribution in [0.2, 0.25) is 0 Å². The quantitative estimate of drug-likeness (QED) is 0.550. The molecule has 0 aliphatic carbocycles. The largest absolute Gasteiger partial charge is 0.301 e. The molecule has 1 saturated heterocycles. The predicted octanol–water partition coefficient (Wildman–Crippen LogP) is 1.97. The summed E-state index contributed by atoms with van der Waals surface area (Å²) in [6, 6.07) is 0. The molecule has 1 aliphatic rings. The van der Waals surface area contributed by atoms with Gasteiger partial charge in [0.15, 0.2) is 0 Å².